The first-order valence-corrected chi connectivity index (χ1v) is 12.2. The van der Waals surface area contributed by atoms with E-state index in [9.17, 15) is 9.90 Å². The fourth-order valence-electron chi connectivity index (χ4n) is 5.18. The van der Waals surface area contributed by atoms with Crippen molar-refractivity contribution in [3.05, 3.63) is 82.5 Å². The van der Waals surface area contributed by atoms with Gasteiger partial charge in [-0.3, -0.25) is 4.79 Å². The summed E-state index contributed by atoms with van der Waals surface area (Å²) >= 11 is 0. The summed E-state index contributed by atoms with van der Waals surface area (Å²) in [5.41, 5.74) is 3.68. The lowest BCUT2D eigenvalue weighted by Crippen LogP contribution is -2.45. The number of fused-ring (bicyclic) bond motifs is 1. The molecule has 2 aromatic carbocycles. The molecule has 4 rings (SSSR count). The molecule has 0 saturated carbocycles. The van der Waals surface area contributed by atoms with Gasteiger partial charge in [-0.1, -0.05) is 68.4 Å². The molecule has 0 unspecified atom stereocenters. The number of anilines is 1. The van der Waals surface area contributed by atoms with Crippen LogP contribution in [0.5, 0.6) is 0 Å². The first-order valence-electron chi connectivity index (χ1n) is 12.2. The molecule has 0 bridgehead atoms. The van der Waals surface area contributed by atoms with Crippen molar-refractivity contribution in [2.45, 2.75) is 77.6 Å². The van der Waals surface area contributed by atoms with E-state index in [1.165, 1.54) is 5.56 Å². The summed E-state index contributed by atoms with van der Waals surface area (Å²) in [7, 11) is 0. The summed E-state index contributed by atoms with van der Waals surface area (Å²) in [6.07, 6.45) is 2.38. The highest BCUT2D eigenvalue weighted by atomic mass is 16.3. The van der Waals surface area contributed by atoms with Crippen molar-refractivity contribution in [3.8, 4) is 0 Å². The van der Waals surface area contributed by atoms with Crippen LogP contribution >= 0.6 is 0 Å². The van der Waals surface area contributed by atoms with Gasteiger partial charge in [-0.15, -0.1) is 0 Å². The molecule has 0 fully saturated rings. The van der Waals surface area contributed by atoms with Crippen LogP contribution in [0.4, 0.5) is 5.82 Å². The van der Waals surface area contributed by atoms with Gasteiger partial charge in [-0.05, 0) is 56.7 Å². The quantitative estimate of drug-likeness (QED) is 0.440. The lowest BCUT2D eigenvalue weighted by Gasteiger charge is -2.38. The summed E-state index contributed by atoms with van der Waals surface area (Å²) in [6, 6.07) is 18.3. The summed E-state index contributed by atoms with van der Waals surface area (Å²) in [5, 5.41) is 21.2. The molecule has 1 aliphatic rings. The predicted octanol–water partition coefficient (Wildman–Crippen LogP) is 5.42. The van der Waals surface area contributed by atoms with Gasteiger partial charge in [-0.2, -0.15) is 5.10 Å². The lowest BCUT2D eigenvalue weighted by atomic mass is 9.84. The molecular formula is C28H36N4O2. The standard InChI is InChI=1S/C28H36N4O2/c1-6-28(7-2,22-15-13-20(18-33)14-16-22)30-26(34)24-19(3)31-32-25(24)29-23(17-27(32,4)5)21-11-9-8-10-12-21/h8-16,23,29,33H,6-7,17-18H2,1-5H3,(H,30,34)/t23-/m1/s1. The Hall–Kier alpha value is -3.12. The average molecular weight is 461 g/mol. The molecule has 6 heteroatoms. The van der Waals surface area contributed by atoms with Crippen LogP contribution in [0.2, 0.25) is 0 Å². The molecule has 180 valence electrons. The number of hydrogen-bond acceptors (Lipinski definition) is 4. The van der Waals surface area contributed by atoms with Crippen molar-refractivity contribution in [1.29, 1.82) is 0 Å². The van der Waals surface area contributed by atoms with E-state index in [-0.39, 0.29) is 24.1 Å². The zero-order valence-corrected chi connectivity index (χ0v) is 20.9. The minimum Gasteiger partial charge on any atom is -0.392 e. The number of aromatic nitrogens is 2. The molecule has 3 N–H and O–H groups in total. The van der Waals surface area contributed by atoms with Crippen molar-refractivity contribution in [3.63, 3.8) is 0 Å². The number of amides is 1. The van der Waals surface area contributed by atoms with E-state index in [0.29, 0.717) is 5.56 Å². The number of carbonyl (C=O) groups excluding carboxylic acids is 1. The molecule has 6 nitrogen and oxygen atoms in total. The van der Waals surface area contributed by atoms with Crippen LogP contribution in [0.3, 0.4) is 0 Å². The van der Waals surface area contributed by atoms with Crippen molar-refractivity contribution < 1.29 is 9.90 Å². The Balaban J connectivity index is 1.71. The SMILES string of the molecule is CCC(CC)(NC(=O)c1c(C)nn2c1N[C@@H](c1ccccc1)CC2(C)C)c1ccc(CO)cc1. The highest BCUT2D eigenvalue weighted by Crippen LogP contribution is 2.41. The monoisotopic (exact) mass is 460 g/mol. The van der Waals surface area contributed by atoms with Gasteiger partial charge < -0.3 is 15.7 Å². The van der Waals surface area contributed by atoms with E-state index in [1.807, 2.05) is 54.1 Å². The molecule has 1 aromatic heterocycles. The fraction of sp³-hybridized carbons (Fsp3) is 0.429. The Bertz CT molecular complexity index is 1150. The van der Waals surface area contributed by atoms with Crippen molar-refractivity contribution in [2.75, 3.05) is 5.32 Å². The summed E-state index contributed by atoms with van der Waals surface area (Å²) in [6.45, 7) is 10.4. The van der Waals surface area contributed by atoms with Crippen LogP contribution in [0.1, 0.15) is 85.7 Å². The van der Waals surface area contributed by atoms with E-state index in [2.05, 4.69) is 50.5 Å². The number of benzene rings is 2. The van der Waals surface area contributed by atoms with E-state index < -0.39 is 5.54 Å². The maximum Gasteiger partial charge on any atom is 0.257 e. The molecule has 0 spiro atoms. The van der Waals surface area contributed by atoms with Gasteiger partial charge in [0.1, 0.15) is 11.4 Å². The zero-order valence-electron chi connectivity index (χ0n) is 20.9. The molecule has 34 heavy (non-hydrogen) atoms. The Morgan fingerprint density at radius 3 is 2.38 bits per heavy atom. The number of rotatable bonds is 7. The zero-order chi connectivity index (χ0) is 24.5. The molecule has 1 atom stereocenters. The molecule has 0 radical (unpaired) electrons. The molecule has 1 aliphatic heterocycles. The van der Waals surface area contributed by atoms with E-state index in [1.54, 1.807) is 0 Å². The maximum absolute atomic E-state index is 13.8. The van der Waals surface area contributed by atoms with Gasteiger partial charge in [0.05, 0.1) is 29.4 Å². The van der Waals surface area contributed by atoms with Crippen molar-refractivity contribution in [1.82, 2.24) is 15.1 Å². The van der Waals surface area contributed by atoms with Gasteiger partial charge >= 0.3 is 0 Å². The largest absolute Gasteiger partial charge is 0.392 e. The van der Waals surface area contributed by atoms with Crippen LogP contribution in [-0.4, -0.2) is 20.8 Å². The van der Waals surface area contributed by atoms with Crippen molar-refractivity contribution >= 4 is 11.7 Å². The summed E-state index contributed by atoms with van der Waals surface area (Å²) < 4.78 is 1.98. The van der Waals surface area contributed by atoms with Crippen LogP contribution < -0.4 is 10.6 Å². The molecule has 0 saturated heterocycles. The van der Waals surface area contributed by atoms with Gasteiger partial charge in [0.25, 0.3) is 5.91 Å². The predicted molar refractivity (Wildman–Crippen MR) is 136 cm³/mol. The van der Waals surface area contributed by atoms with Crippen LogP contribution in [-0.2, 0) is 17.7 Å². The smallest absolute Gasteiger partial charge is 0.257 e. The molecule has 2 heterocycles. The number of aliphatic hydroxyl groups excluding tert-OH is 1. The summed E-state index contributed by atoms with van der Waals surface area (Å²) in [4.78, 5) is 13.8. The first-order chi connectivity index (χ1) is 16.2. The second-order valence-corrected chi connectivity index (χ2v) is 9.94. The van der Waals surface area contributed by atoms with E-state index in [4.69, 9.17) is 5.10 Å². The number of aryl methyl sites for hydroxylation is 1. The Kier molecular flexibility index (Phi) is 6.54. The number of aliphatic hydroxyl groups is 1. The Morgan fingerprint density at radius 1 is 1.15 bits per heavy atom. The highest BCUT2D eigenvalue weighted by Gasteiger charge is 2.39. The fourth-order valence-corrected chi connectivity index (χ4v) is 5.18. The van der Waals surface area contributed by atoms with Gasteiger partial charge in [-0.25, -0.2) is 4.68 Å². The first kappa shape index (κ1) is 24.0. The number of nitrogens with zero attached hydrogens (tertiary/aromatic N) is 2. The Morgan fingerprint density at radius 2 is 1.79 bits per heavy atom. The lowest BCUT2D eigenvalue weighted by molar-refractivity contribution is 0.0889. The third-order valence-electron chi connectivity index (χ3n) is 7.33. The third-order valence-corrected chi connectivity index (χ3v) is 7.33. The molecule has 3 aromatic rings. The summed E-state index contributed by atoms with van der Waals surface area (Å²) in [5.74, 6) is 0.655. The number of hydrogen-bond donors (Lipinski definition) is 3. The van der Waals surface area contributed by atoms with Crippen molar-refractivity contribution in [2.24, 2.45) is 0 Å². The van der Waals surface area contributed by atoms with E-state index >= 15 is 0 Å². The average Bonchev–Trinajstić information content (AvgIpc) is 3.20. The van der Waals surface area contributed by atoms with Gasteiger partial charge in [0.15, 0.2) is 0 Å². The molecular weight excluding hydrogens is 424 g/mol. The van der Waals surface area contributed by atoms with E-state index in [0.717, 1.165) is 41.9 Å². The second-order valence-electron chi connectivity index (χ2n) is 9.94. The minimum atomic E-state index is -0.505. The molecule has 0 aliphatic carbocycles. The highest BCUT2D eigenvalue weighted by molar-refractivity contribution is 6.00. The maximum atomic E-state index is 13.8. The van der Waals surface area contributed by atoms with Gasteiger partial charge in [0.2, 0.25) is 0 Å². The second kappa shape index (κ2) is 9.26. The normalized spacial score (nSPS) is 17.1. The third kappa shape index (κ3) is 4.23. The van der Waals surface area contributed by atoms with Crippen LogP contribution in [0.25, 0.3) is 0 Å². The minimum absolute atomic E-state index is 0.00364. The topological polar surface area (TPSA) is 79.2 Å². The van der Waals surface area contributed by atoms with Crippen LogP contribution in [0, 0.1) is 6.92 Å². The number of nitrogens with one attached hydrogen (secondary N) is 2. The van der Waals surface area contributed by atoms with Gasteiger partial charge in [0, 0.05) is 0 Å². The van der Waals surface area contributed by atoms with Crippen LogP contribution in [0.15, 0.2) is 54.6 Å². The number of carbonyl (C=O) groups is 1. The Labute approximate surface area is 202 Å². The molecule has 1 amide bonds.